The Labute approximate surface area is 203 Å². The van der Waals surface area contributed by atoms with Crippen molar-refractivity contribution in [2.75, 3.05) is 0 Å². The molecule has 0 bridgehead atoms. The van der Waals surface area contributed by atoms with E-state index < -0.39 is 17.6 Å². The van der Waals surface area contributed by atoms with Gasteiger partial charge >= 0.3 is 11.9 Å². The standard InChI is InChI=1S/C27H18F3N5O/c1-17-21(11-12-23(32-17)27(28,29)30)16-35-26(36)34-14-13-22(19-9-7-18(15-31)8-10-19)24(25(34)33-35)20-5-3-2-4-6-20/h2-14H,16H2,1H3. The SMILES string of the molecule is Cc1nc(C(F)(F)F)ccc1Cn1nc2c(-c3ccccc3)c(-c3ccc(C#N)cc3)ccn2c1=O. The minimum Gasteiger partial charge on any atom is -0.250 e. The predicted molar refractivity (Wildman–Crippen MR) is 128 cm³/mol. The first-order valence-corrected chi connectivity index (χ1v) is 11.0. The third-order valence-electron chi connectivity index (χ3n) is 5.95. The van der Waals surface area contributed by atoms with Gasteiger partial charge in [-0.3, -0.25) is 0 Å². The van der Waals surface area contributed by atoms with Crippen molar-refractivity contribution >= 4 is 5.65 Å². The Morgan fingerprint density at radius 2 is 1.67 bits per heavy atom. The third kappa shape index (κ3) is 4.14. The number of aromatic nitrogens is 4. The van der Waals surface area contributed by atoms with E-state index in [-0.39, 0.29) is 12.2 Å². The molecule has 0 radical (unpaired) electrons. The number of halogens is 3. The van der Waals surface area contributed by atoms with Gasteiger partial charge in [-0.05, 0) is 53.4 Å². The number of nitriles is 1. The molecule has 36 heavy (non-hydrogen) atoms. The van der Waals surface area contributed by atoms with Gasteiger partial charge in [0.15, 0.2) is 5.65 Å². The van der Waals surface area contributed by atoms with E-state index in [0.29, 0.717) is 16.8 Å². The first-order valence-electron chi connectivity index (χ1n) is 11.0. The predicted octanol–water partition coefficient (Wildman–Crippen LogP) is 5.47. The molecule has 0 aliphatic rings. The Morgan fingerprint density at radius 3 is 2.31 bits per heavy atom. The van der Waals surface area contributed by atoms with Crippen molar-refractivity contribution in [3.63, 3.8) is 0 Å². The van der Waals surface area contributed by atoms with E-state index >= 15 is 0 Å². The molecular weight excluding hydrogens is 467 g/mol. The smallest absolute Gasteiger partial charge is 0.250 e. The largest absolute Gasteiger partial charge is 0.433 e. The van der Waals surface area contributed by atoms with Gasteiger partial charge in [0, 0.05) is 17.5 Å². The summed E-state index contributed by atoms with van der Waals surface area (Å²) in [5.74, 6) is 0. The number of fused-ring (bicyclic) bond motifs is 1. The number of pyridine rings is 2. The van der Waals surface area contributed by atoms with Crippen molar-refractivity contribution in [3.05, 3.63) is 112 Å². The third-order valence-corrected chi connectivity index (χ3v) is 5.95. The molecule has 0 unspecified atom stereocenters. The molecule has 5 rings (SSSR count). The summed E-state index contributed by atoms with van der Waals surface area (Å²) in [6.45, 7) is 1.45. The molecule has 0 aliphatic heterocycles. The van der Waals surface area contributed by atoms with E-state index in [1.165, 1.54) is 22.1 Å². The number of aryl methyl sites for hydroxylation is 1. The van der Waals surface area contributed by atoms with Gasteiger partial charge in [-0.1, -0.05) is 48.5 Å². The molecule has 0 N–H and O–H groups in total. The molecule has 0 spiro atoms. The number of hydrogen-bond donors (Lipinski definition) is 0. The van der Waals surface area contributed by atoms with Crippen molar-refractivity contribution in [3.8, 4) is 28.3 Å². The minimum absolute atomic E-state index is 0.0298. The number of rotatable bonds is 4. The molecule has 3 aromatic heterocycles. The van der Waals surface area contributed by atoms with E-state index in [1.807, 2.05) is 48.5 Å². The lowest BCUT2D eigenvalue weighted by atomic mass is 9.95. The van der Waals surface area contributed by atoms with Crippen molar-refractivity contribution in [2.45, 2.75) is 19.6 Å². The molecule has 0 aliphatic carbocycles. The van der Waals surface area contributed by atoms with Crippen LogP contribution in [0, 0.1) is 18.3 Å². The van der Waals surface area contributed by atoms with Gasteiger partial charge in [0.05, 0.1) is 18.2 Å². The van der Waals surface area contributed by atoms with Gasteiger partial charge in [-0.15, -0.1) is 5.10 Å². The van der Waals surface area contributed by atoms with Crippen LogP contribution in [0.2, 0.25) is 0 Å². The van der Waals surface area contributed by atoms with Gasteiger partial charge in [0.1, 0.15) is 5.69 Å². The molecule has 2 aromatic carbocycles. The second-order valence-electron chi connectivity index (χ2n) is 8.23. The molecular formula is C27H18F3N5O. The van der Waals surface area contributed by atoms with Crippen LogP contribution in [-0.2, 0) is 12.7 Å². The maximum atomic E-state index is 13.2. The highest BCUT2D eigenvalue weighted by Crippen LogP contribution is 2.34. The maximum Gasteiger partial charge on any atom is 0.433 e. The Kier molecular flexibility index (Phi) is 5.65. The van der Waals surface area contributed by atoms with Gasteiger partial charge in [-0.2, -0.15) is 18.4 Å². The van der Waals surface area contributed by atoms with E-state index in [9.17, 15) is 18.0 Å². The lowest BCUT2D eigenvalue weighted by Gasteiger charge is -2.11. The molecule has 5 aromatic rings. The summed E-state index contributed by atoms with van der Waals surface area (Å²) in [5, 5.41) is 13.7. The summed E-state index contributed by atoms with van der Waals surface area (Å²) in [7, 11) is 0. The van der Waals surface area contributed by atoms with Crippen molar-refractivity contribution < 1.29 is 13.2 Å². The average Bonchev–Trinajstić information content (AvgIpc) is 3.19. The van der Waals surface area contributed by atoms with Crippen LogP contribution in [0.1, 0.15) is 22.5 Å². The molecule has 0 saturated carbocycles. The summed E-state index contributed by atoms with van der Waals surface area (Å²) in [5.41, 5.74) is 3.40. The Bertz CT molecular complexity index is 1680. The molecule has 3 heterocycles. The zero-order chi connectivity index (χ0) is 25.4. The van der Waals surface area contributed by atoms with E-state index in [1.54, 1.807) is 18.3 Å². The Balaban J connectivity index is 1.67. The zero-order valence-electron chi connectivity index (χ0n) is 19.0. The number of benzene rings is 2. The van der Waals surface area contributed by atoms with Crippen LogP contribution < -0.4 is 5.69 Å². The highest BCUT2D eigenvalue weighted by molar-refractivity contribution is 5.91. The van der Waals surface area contributed by atoms with E-state index in [2.05, 4.69) is 16.2 Å². The fourth-order valence-corrected chi connectivity index (χ4v) is 4.11. The molecule has 9 heteroatoms. The summed E-state index contributed by atoms with van der Waals surface area (Å²) in [4.78, 5) is 16.9. The lowest BCUT2D eigenvalue weighted by molar-refractivity contribution is -0.141. The van der Waals surface area contributed by atoms with Gasteiger partial charge < -0.3 is 0 Å². The summed E-state index contributed by atoms with van der Waals surface area (Å²) >= 11 is 0. The Morgan fingerprint density at radius 1 is 0.944 bits per heavy atom. The number of nitrogens with zero attached hydrogens (tertiary/aromatic N) is 5. The molecule has 0 atom stereocenters. The van der Waals surface area contributed by atoms with Crippen molar-refractivity contribution in [2.24, 2.45) is 0 Å². The molecule has 6 nitrogen and oxygen atoms in total. The Hall–Kier alpha value is -4.71. The highest BCUT2D eigenvalue weighted by atomic mass is 19.4. The van der Waals surface area contributed by atoms with Gasteiger partial charge in [-0.25, -0.2) is 18.9 Å². The fourth-order valence-electron chi connectivity index (χ4n) is 4.11. The number of hydrogen-bond acceptors (Lipinski definition) is 4. The molecule has 0 fully saturated rings. The highest BCUT2D eigenvalue weighted by Gasteiger charge is 2.32. The van der Waals surface area contributed by atoms with E-state index in [4.69, 9.17) is 5.26 Å². The van der Waals surface area contributed by atoms with Crippen LogP contribution in [-0.4, -0.2) is 19.2 Å². The maximum absolute atomic E-state index is 13.2. The van der Waals surface area contributed by atoms with Crippen LogP contribution in [0.25, 0.3) is 27.9 Å². The van der Waals surface area contributed by atoms with Crippen molar-refractivity contribution in [1.82, 2.24) is 19.2 Å². The summed E-state index contributed by atoms with van der Waals surface area (Å²) in [6, 6.07) is 22.7. The van der Waals surface area contributed by atoms with Crippen molar-refractivity contribution in [1.29, 1.82) is 5.26 Å². The zero-order valence-corrected chi connectivity index (χ0v) is 19.0. The lowest BCUT2D eigenvalue weighted by Crippen LogP contribution is -2.22. The normalized spacial score (nSPS) is 11.5. The second kappa shape index (κ2) is 8.82. The summed E-state index contributed by atoms with van der Waals surface area (Å²) in [6.07, 6.45) is -2.92. The molecule has 0 amide bonds. The fraction of sp³-hybridized carbons (Fsp3) is 0.111. The number of alkyl halides is 3. The summed E-state index contributed by atoms with van der Waals surface area (Å²) < 4.78 is 41.7. The quantitative estimate of drug-likeness (QED) is 0.338. The van der Waals surface area contributed by atoms with Crippen LogP contribution in [0.4, 0.5) is 13.2 Å². The van der Waals surface area contributed by atoms with Gasteiger partial charge in [0.2, 0.25) is 0 Å². The monoisotopic (exact) mass is 485 g/mol. The average molecular weight is 485 g/mol. The van der Waals surface area contributed by atoms with E-state index in [0.717, 1.165) is 28.3 Å². The van der Waals surface area contributed by atoms with Gasteiger partial charge in [0.25, 0.3) is 0 Å². The first kappa shape index (κ1) is 23.1. The van der Waals surface area contributed by atoms with Crippen LogP contribution in [0.3, 0.4) is 0 Å². The first-order chi connectivity index (χ1) is 17.3. The molecule has 0 saturated heterocycles. The van der Waals surface area contributed by atoms with Crippen LogP contribution in [0.15, 0.2) is 83.8 Å². The molecule has 178 valence electrons. The van der Waals surface area contributed by atoms with Crippen LogP contribution >= 0.6 is 0 Å². The van der Waals surface area contributed by atoms with Crippen LogP contribution in [0.5, 0.6) is 0 Å². The topological polar surface area (TPSA) is 76.0 Å². The second-order valence-corrected chi connectivity index (χ2v) is 8.23. The minimum atomic E-state index is -4.55.